The maximum Gasteiger partial charge on any atom is 0.0996 e. The van der Waals surface area contributed by atoms with Crippen molar-refractivity contribution in [3.8, 4) is 0 Å². The molecule has 2 rings (SSSR count). The fraction of sp³-hybridized carbons (Fsp3) is 0.769. The standard InChI is InChI=1S/C13H21BrN2O/c1-2-16-12(11(14)9-15-16)13(17)10-7-5-3-4-6-8-10/h9-10,13,17H,2-8H2,1H3. The Morgan fingerprint density at radius 2 is 2.06 bits per heavy atom. The summed E-state index contributed by atoms with van der Waals surface area (Å²) in [5.74, 6) is 0.399. The summed E-state index contributed by atoms with van der Waals surface area (Å²) in [4.78, 5) is 0. The number of nitrogens with zero attached hydrogens (tertiary/aromatic N) is 2. The molecule has 1 saturated carbocycles. The quantitative estimate of drug-likeness (QED) is 0.865. The molecule has 1 atom stereocenters. The molecule has 1 fully saturated rings. The summed E-state index contributed by atoms with van der Waals surface area (Å²) in [7, 11) is 0. The Morgan fingerprint density at radius 3 is 2.65 bits per heavy atom. The van der Waals surface area contributed by atoms with Gasteiger partial charge in [0.2, 0.25) is 0 Å². The van der Waals surface area contributed by atoms with Crippen LogP contribution in [-0.4, -0.2) is 14.9 Å². The van der Waals surface area contributed by atoms with E-state index in [1.54, 1.807) is 6.20 Å². The van der Waals surface area contributed by atoms with Crippen LogP contribution >= 0.6 is 15.9 Å². The van der Waals surface area contributed by atoms with Crippen molar-refractivity contribution in [3.63, 3.8) is 0 Å². The molecule has 4 heteroatoms. The molecule has 0 saturated heterocycles. The highest BCUT2D eigenvalue weighted by Crippen LogP contribution is 2.36. The van der Waals surface area contributed by atoms with Crippen molar-refractivity contribution in [2.75, 3.05) is 0 Å². The normalized spacial score (nSPS) is 20.2. The van der Waals surface area contributed by atoms with Crippen LogP contribution in [-0.2, 0) is 6.54 Å². The van der Waals surface area contributed by atoms with Crippen molar-refractivity contribution >= 4 is 15.9 Å². The Balaban J connectivity index is 2.16. The third kappa shape index (κ3) is 2.91. The molecule has 0 spiro atoms. The minimum absolute atomic E-state index is 0.370. The van der Waals surface area contributed by atoms with Gasteiger partial charge in [0, 0.05) is 6.54 Å². The van der Waals surface area contributed by atoms with Crippen LogP contribution in [0.2, 0.25) is 0 Å². The third-order valence-corrected chi connectivity index (χ3v) is 4.37. The average molecular weight is 301 g/mol. The summed E-state index contributed by atoms with van der Waals surface area (Å²) in [5.41, 5.74) is 0.958. The van der Waals surface area contributed by atoms with E-state index < -0.39 is 0 Å². The number of aliphatic hydroxyl groups is 1. The van der Waals surface area contributed by atoms with Gasteiger partial charge in [0.25, 0.3) is 0 Å². The zero-order valence-electron chi connectivity index (χ0n) is 10.4. The van der Waals surface area contributed by atoms with Crippen LogP contribution in [0.4, 0.5) is 0 Å². The molecule has 17 heavy (non-hydrogen) atoms. The van der Waals surface area contributed by atoms with E-state index in [9.17, 15) is 5.11 Å². The second kappa shape index (κ2) is 6.01. The fourth-order valence-electron chi connectivity index (χ4n) is 2.77. The van der Waals surface area contributed by atoms with Crippen LogP contribution in [0.1, 0.15) is 57.2 Å². The molecule has 1 aliphatic carbocycles. The largest absolute Gasteiger partial charge is 0.386 e. The molecule has 0 bridgehead atoms. The molecule has 0 aliphatic heterocycles. The van der Waals surface area contributed by atoms with Gasteiger partial charge < -0.3 is 5.11 Å². The van der Waals surface area contributed by atoms with Crippen molar-refractivity contribution in [2.24, 2.45) is 5.92 Å². The zero-order chi connectivity index (χ0) is 12.3. The molecule has 0 aromatic carbocycles. The summed E-state index contributed by atoms with van der Waals surface area (Å²) in [6.45, 7) is 2.87. The van der Waals surface area contributed by atoms with E-state index in [1.807, 2.05) is 4.68 Å². The van der Waals surface area contributed by atoms with Gasteiger partial charge >= 0.3 is 0 Å². The number of halogens is 1. The highest BCUT2D eigenvalue weighted by Gasteiger charge is 2.26. The first-order valence-corrected chi connectivity index (χ1v) is 7.42. The summed E-state index contributed by atoms with van der Waals surface area (Å²) >= 11 is 3.50. The predicted molar refractivity (Wildman–Crippen MR) is 71.8 cm³/mol. The highest BCUT2D eigenvalue weighted by molar-refractivity contribution is 9.10. The van der Waals surface area contributed by atoms with Crippen LogP contribution < -0.4 is 0 Å². The third-order valence-electron chi connectivity index (χ3n) is 3.76. The topological polar surface area (TPSA) is 38.0 Å². The lowest BCUT2D eigenvalue weighted by molar-refractivity contribution is 0.0894. The van der Waals surface area contributed by atoms with E-state index in [2.05, 4.69) is 28.0 Å². The first-order valence-electron chi connectivity index (χ1n) is 6.63. The van der Waals surface area contributed by atoms with Crippen molar-refractivity contribution in [3.05, 3.63) is 16.4 Å². The van der Waals surface area contributed by atoms with Gasteiger partial charge in [-0.2, -0.15) is 5.10 Å². The Hall–Kier alpha value is -0.350. The molecule has 1 aromatic rings. The van der Waals surface area contributed by atoms with Gasteiger partial charge in [0.05, 0.1) is 22.5 Å². The lowest BCUT2D eigenvalue weighted by Gasteiger charge is -2.22. The SMILES string of the molecule is CCn1ncc(Br)c1C(O)C1CCCCCC1. The Kier molecular flexibility index (Phi) is 4.62. The van der Waals surface area contributed by atoms with Crippen molar-refractivity contribution < 1.29 is 5.11 Å². The van der Waals surface area contributed by atoms with Gasteiger partial charge in [-0.1, -0.05) is 25.7 Å². The van der Waals surface area contributed by atoms with Crippen LogP contribution in [0.3, 0.4) is 0 Å². The smallest absolute Gasteiger partial charge is 0.0996 e. The maximum absolute atomic E-state index is 10.6. The molecular weight excluding hydrogens is 280 g/mol. The minimum Gasteiger partial charge on any atom is -0.386 e. The van der Waals surface area contributed by atoms with Crippen molar-refractivity contribution in [1.29, 1.82) is 0 Å². The van der Waals surface area contributed by atoms with E-state index in [0.717, 1.165) is 29.6 Å². The first kappa shape index (κ1) is 13.1. The van der Waals surface area contributed by atoms with Crippen LogP contribution in [0.5, 0.6) is 0 Å². The van der Waals surface area contributed by atoms with E-state index >= 15 is 0 Å². The molecule has 1 N–H and O–H groups in total. The van der Waals surface area contributed by atoms with E-state index in [1.165, 1.54) is 25.7 Å². The van der Waals surface area contributed by atoms with Gasteiger partial charge in [-0.3, -0.25) is 4.68 Å². The van der Waals surface area contributed by atoms with E-state index in [4.69, 9.17) is 0 Å². The molecule has 0 radical (unpaired) electrons. The Bertz CT molecular complexity index is 356. The average Bonchev–Trinajstić information content (AvgIpc) is 2.56. The van der Waals surface area contributed by atoms with Gasteiger partial charge in [0.15, 0.2) is 0 Å². The van der Waals surface area contributed by atoms with Gasteiger partial charge in [-0.25, -0.2) is 0 Å². The van der Waals surface area contributed by atoms with Crippen molar-refractivity contribution in [2.45, 2.75) is 58.1 Å². The van der Waals surface area contributed by atoms with E-state index in [-0.39, 0.29) is 6.10 Å². The first-order chi connectivity index (χ1) is 8.24. The molecule has 1 aliphatic rings. The molecule has 1 aromatic heterocycles. The maximum atomic E-state index is 10.6. The second-order valence-electron chi connectivity index (χ2n) is 4.89. The molecule has 1 unspecified atom stereocenters. The zero-order valence-corrected chi connectivity index (χ0v) is 12.0. The summed E-state index contributed by atoms with van der Waals surface area (Å²) in [5, 5.41) is 14.8. The fourth-order valence-corrected chi connectivity index (χ4v) is 3.30. The molecular formula is C13H21BrN2O. The second-order valence-corrected chi connectivity index (χ2v) is 5.74. The number of aromatic nitrogens is 2. The lowest BCUT2D eigenvalue weighted by Crippen LogP contribution is -2.17. The number of aliphatic hydroxyl groups excluding tert-OH is 1. The summed E-state index contributed by atoms with van der Waals surface area (Å²) < 4.78 is 2.84. The lowest BCUT2D eigenvalue weighted by atomic mass is 9.92. The predicted octanol–water partition coefficient (Wildman–Crippen LogP) is 3.67. The van der Waals surface area contributed by atoms with Gasteiger partial charge in [-0.15, -0.1) is 0 Å². The van der Waals surface area contributed by atoms with Crippen LogP contribution in [0, 0.1) is 5.92 Å². The number of hydrogen-bond acceptors (Lipinski definition) is 2. The molecule has 96 valence electrons. The number of hydrogen-bond donors (Lipinski definition) is 1. The summed E-state index contributed by atoms with van der Waals surface area (Å²) in [6.07, 6.45) is 8.84. The summed E-state index contributed by atoms with van der Waals surface area (Å²) in [6, 6.07) is 0. The highest BCUT2D eigenvalue weighted by atomic mass is 79.9. The van der Waals surface area contributed by atoms with Crippen LogP contribution in [0.25, 0.3) is 0 Å². The minimum atomic E-state index is -0.370. The van der Waals surface area contributed by atoms with Gasteiger partial charge in [-0.05, 0) is 41.6 Å². The monoisotopic (exact) mass is 300 g/mol. The number of aryl methyl sites for hydroxylation is 1. The molecule has 1 heterocycles. The number of rotatable bonds is 3. The molecule has 0 amide bonds. The van der Waals surface area contributed by atoms with Crippen molar-refractivity contribution in [1.82, 2.24) is 9.78 Å². The Morgan fingerprint density at radius 1 is 1.41 bits per heavy atom. The van der Waals surface area contributed by atoms with Crippen LogP contribution in [0.15, 0.2) is 10.7 Å². The Labute approximate surface area is 111 Å². The van der Waals surface area contributed by atoms with Gasteiger partial charge in [0.1, 0.15) is 0 Å². The molecule has 3 nitrogen and oxygen atoms in total. The van der Waals surface area contributed by atoms with E-state index in [0.29, 0.717) is 5.92 Å².